The van der Waals surface area contributed by atoms with Gasteiger partial charge in [-0.05, 0) is 61.0 Å². The van der Waals surface area contributed by atoms with Crippen molar-refractivity contribution in [3.63, 3.8) is 0 Å². The van der Waals surface area contributed by atoms with E-state index in [1.165, 1.54) is 39.0 Å². The van der Waals surface area contributed by atoms with E-state index in [-0.39, 0.29) is 5.83 Å². The lowest BCUT2D eigenvalue weighted by molar-refractivity contribution is 0.667. The van der Waals surface area contributed by atoms with Gasteiger partial charge in [0.15, 0.2) is 0 Å². The van der Waals surface area contributed by atoms with Gasteiger partial charge in [-0.1, -0.05) is 84.6 Å². The van der Waals surface area contributed by atoms with Gasteiger partial charge in [0.2, 0.25) is 0 Å². The number of hydrogen-bond donors (Lipinski definition) is 0. The fourth-order valence-electron chi connectivity index (χ4n) is 7.78. The van der Waals surface area contributed by atoms with Crippen LogP contribution in [0.4, 0.5) is 4.39 Å². The molecule has 4 heteroatoms. The molecule has 0 N–H and O–H groups in total. The van der Waals surface area contributed by atoms with E-state index < -0.39 is 0 Å². The first-order valence-corrected chi connectivity index (χ1v) is 15.7. The van der Waals surface area contributed by atoms with Gasteiger partial charge in [-0.2, -0.15) is 0 Å². The number of rotatable bonds is 3. The quantitative estimate of drug-likeness (QED) is 0.182. The number of halogens is 1. The Kier molecular flexibility index (Phi) is 5.21. The predicted molar refractivity (Wildman–Crippen MR) is 190 cm³/mol. The Bertz CT molecular complexity index is 2820. The van der Waals surface area contributed by atoms with Crippen LogP contribution in [0.25, 0.3) is 82.5 Å². The van der Waals surface area contributed by atoms with Gasteiger partial charge in [0.1, 0.15) is 11.5 Å². The molecule has 3 nitrogen and oxygen atoms in total. The second-order valence-electron chi connectivity index (χ2n) is 12.0. The zero-order valence-corrected chi connectivity index (χ0v) is 24.8. The summed E-state index contributed by atoms with van der Waals surface area (Å²) in [5, 5.41) is 7.00. The van der Waals surface area contributed by atoms with Gasteiger partial charge >= 0.3 is 0 Å². The van der Waals surface area contributed by atoms with Crippen molar-refractivity contribution in [1.29, 1.82) is 0 Å². The molecule has 0 amide bonds. The average molecular weight is 592 g/mol. The molecule has 0 atom stereocenters. The molecule has 216 valence electrons. The number of para-hydroxylation sites is 3. The maximum atomic E-state index is 14.9. The van der Waals surface area contributed by atoms with E-state index in [9.17, 15) is 4.39 Å². The zero-order valence-electron chi connectivity index (χ0n) is 24.8. The van der Waals surface area contributed by atoms with E-state index in [0.29, 0.717) is 5.70 Å². The minimum atomic E-state index is -0.335. The van der Waals surface area contributed by atoms with E-state index in [1.54, 1.807) is 6.08 Å². The summed E-state index contributed by atoms with van der Waals surface area (Å²) in [6, 6.07) is 36.7. The van der Waals surface area contributed by atoms with Crippen LogP contribution >= 0.6 is 0 Å². The molecule has 8 aromatic rings. The molecule has 0 unspecified atom stereocenters. The molecule has 0 bridgehead atoms. The monoisotopic (exact) mass is 591 g/mol. The number of hydrogen-bond acceptors (Lipinski definition) is 0. The third-order valence-corrected chi connectivity index (χ3v) is 9.58. The van der Waals surface area contributed by atoms with Gasteiger partial charge in [0.25, 0.3) is 0 Å². The van der Waals surface area contributed by atoms with Crippen molar-refractivity contribution >= 4 is 76.8 Å². The lowest BCUT2D eigenvalue weighted by Gasteiger charge is -2.15. The van der Waals surface area contributed by atoms with Crippen molar-refractivity contribution in [3.05, 3.63) is 151 Å². The normalized spacial score (nSPS) is 14.8. The summed E-state index contributed by atoms with van der Waals surface area (Å²) >= 11 is 0. The van der Waals surface area contributed by atoms with Crippen LogP contribution in [-0.4, -0.2) is 13.7 Å². The summed E-state index contributed by atoms with van der Waals surface area (Å²) in [4.78, 5) is 0. The van der Waals surface area contributed by atoms with Crippen LogP contribution in [0.5, 0.6) is 0 Å². The Morgan fingerprint density at radius 2 is 1.22 bits per heavy atom. The van der Waals surface area contributed by atoms with Gasteiger partial charge < -0.3 is 13.7 Å². The van der Waals surface area contributed by atoms with Crippen molar-refractivity contribution in [1.82, 2.24) is 13.7 Å². The van der Waals surface area contributed by atoms with Gasteiger partial charge in [0.05, 0.1) is 33.1 Å². The van der Waals surface area contributed by atoms with Crippen LogP contribution in [0.2, 0.25) is 0 Å². The number of benzene rings is 5. The van der Waals surface area contributed by atoms with Crippen molar-refractivity contribution in [2.75, 3.05) is 0 Å². The first-order chi connectivity index (χ1) is 22.8. The molecule has 0 saturated carbocycles. The minimum absolute atomic E-state index is 0.335. The smallest absolute Gasteiger partial charge is 0.134 e. The first kappa shape index (κ1) is 25.3. The molecule has 0 fully saturated rings. The maximum Gasteiger partial charge on any atom is 0.134 e. The predicted octanol–water partition coefficient (Wildman–Crippen LogP) is 11.2. The van der Waals surface area contributed by atoms with E-state index >= 15 is 0 Å². The van der Waals surface area contributed by atoms with Crippen LogP contribution in [0.3, 0.4) is 0 Å². The highest BCUT2D eigenvalue weighted by molar-refractivity contribution is 6.33. The first-order valence-electron chi connectivity index (χ1n) is 15.7. The Labute approximate surface area is 263 Å². The minimum Gasteiger partial charge on any atom is -0.312 e. The van der Waals surface area contributed by atoms with Gasteiger partial charge in [0, 0.05) is 55.9 Å². The van der Waals surface area contributed by atoms with E-state index in [2.05, 4.69) is 140 Å². The number of nitrogens with zero attached hydrogens (tertiary/aromatic N) is 3. The Morgan fingerprint density at radius 3 is 1.87 bits per heavy atom. The largest absolute Gasteiger partial charge is 0.312 e. The highest BCUT2D eigenvalue weighted by atomic mass is 19.1. The Balaban J connectivity index is 1.53. The number of allylic oxidation sites excluding steroid dienone is 8. The van der Waals surface area contributed by atoms with Crippen LogP contribution in [0, 0.1) is 0 Å². The average Bonchev–Trinajstić information content (AvgIpc) is 3.74. The van der Waals surface area contributed by atoms with Gasteiger partial charge in [-0.15, -0.1) is 0 Å². The summed E-state index contributed by atoms with van der Waals surface area (Å²) < 4.78 is 21.9. The molecule has 10 rings (SSSR count). The molecular weight excluding hydrogens is 565 g/mol. The van der Waals surface area contributed by atoms with Crippen molar-refractivity contribution in [2.24, 2.45) is 0 Å². The number of fused-ring (bicyclic) bond motifs is 11. The molecule has 3 aromatic heterocycles. The summed E-state index contributed by atoms with van der Waals surface area (Å²) in [5.74, 6) is -0.335. The van der Waals surface area contributed by atoms with Gasteiger partial charge in [-0.25, -0.2) is 4.39 Å². The Hall–Kier alpha value is -6.05. The van der Waals surface area contributed by atoms with E-state index in [4.69, 9.17) is 0 Å². The summed E-state index contributed by atoms with van der Waals surface area (Å²) in [6.45, 7) is 0. The molecular formula is C42H26FN3. The molecule has 46 heavy (non-hydrogen) atoms. The Morgan fingerprint density at radius 1 is 0.587 bits per heavy atom. The molecule has 3 heterocycles. The zero-order chi connectivity index (χ0) is 30.4. The molecule has 2 aliphatic rings. The second-order valence-corrected chi connectivity index (χ2v) is 12.0. The van der Waals surface area contributed by atoms with Crippen molar-refractivity contribution in [3.8, 4) is 5.69 Å². The third-order valence-electron chi connectivity index (χ3n) is 9.58. The third kappa shape index (κ3) is 3.37. The molecule has 0 spiro atoms. The fraction of sp³-hybridized carbons (Fsp3) is 0.0476. The summed E-state index contributed by atoms with van der Waals surface area (Å²) in [7, 11) is 0. The van der Waals surface area contributed by atoms with Crippen molar-refractivity contribution in [2.45, 2.75) is 12.8 Å². The van der Waals surface area contributed by atoms with E-state index in [1.807, 2.05) is 6.07 Å². The highest BCUT2D eigenvalue weighted by Crippen LogP contribution is 2.46. The molecule has 2 aliphatic carbocycles. The molecule has 0 radical (unpaired) electrons. The van der Waals surface area contributed by atoms with E-state index in [0.717, 1.165) is 56.8 Å². The van der Waals surface area contributed by atoms with Crippen LogP contribution in [0.1, 0.15) is 12.8 Å². The SMILES string of the molecule is FC1=CC(n2c3ccccc3c3ccc4c(c5c6c(ccc5n4-c4ccccc4)c4ccccc4n6C4=CC=CCC4)c32)=C=C=C1. The molecule has 5 aromatic carbocycles. The lowest BCUT2D eigenvalue weighted by Crippen LogP contribution is -1.99. The van der Waals surface area contributed by atoms with Crippen LogP contribution in [-0.2, 0) is 0 Å². The number of aromatic nitrogens is 3. The topological polar surface area (TPSA) is 14.8 Å². The molecule has 0 saturated heterocycles. The second kappa shape index (κ2) is 9.47. The lowest BCUT2D eigenvalue weighted by atomic mass is 10.0. The maximum absolute atomic E-state index is 14.9. The summed E-state index contributed by atoms with van der Waals surface area (Å²) in [6.07, 6.45) is 11.5. The van der Waals surface area contributed by atoms with Gasteiger partial charge in [-0.3, -0.25) is 0 Å². The molecule has 0 aliphatic heterocycles. The fourth-order valence-corrected chi connectivity index (χ4v) is 7.78. The van der Waals surface area contributed by atoms with Crippen LogP contribution in [0.15, 0.2) is 151 Å². The summed E-state index contributed by atoms with van der Waals surface area (Å²) in [5.41, 5.74) is 15.8. The van der Waals surface area contributed by atoms with Crippen LogP contribution < -0.4 is 0 Å². The standard InChI is InChI=1S/C42H26FN3/c43-27-12-11-17-30(26-27)46-36-21-10-8-19-32(36)34-23-25-38-40(42(34)46)39-37(44(38)28-13-3-1-4-14-28)24-22-33-31-18-7-9-20-35(31)45(41(33)39)29-15-5-2-6-16-29/h1-5,7-10,12-15,18-26H,6,16H2. The highest BCUT2D eigenvalue weighted by Gasteiger charge is 2.25. The van der Waals surface area contributed by atoms with Crippen molar-refractivity contribution < 1.29 is 4.39 Å².